The van der Waals surface area contributed by atoms with E-state index in [1.165, 1.54) is 5.56 Å². The molecule has 3 N–H and O–H groups in total. The van der Waals surface area contributed by atoms with Crippen molar-refractivity contribution in [3.8, 4) is 11.1 Å². The van der Waals surface area contributed by atoms with E-state index in [-0.39, 0.29) is 11.8 Å². The van der Waals surface area contributed by atoms with Crippen LogP contribution in [0.25, 0.3) is 32.9 Å². The van der Waals surface area contributed by atoms with Gasteiger partial charge in [-0.25, -0.2) is 0 Å². The second kappa shape index (κ2) is 6.59. The molecule has 1 aliphatic rings. The molecule has 30 heavy (non-hydrogen) atoms. The fourth-order valence-electron chi connectivity index (χ4n) is 4.43. The molecule has 1 saturated carbocycles. The Bertz CT molecular complexity index is 1380. The molecule has 0 bridgehead atoms. The third-order valence-corrected chi connectivity index (χ3v) is 6.08. The second-order valence-electron chi connectivity index (χ2n) is 7.95. The van der Waals surface area contributed by atoms with Crippen molar-refractivity contribution in [1.82, 2.24) is 15.2 Å². The summed E-state index contributed by atoms with van der Waals surface area (Å²) in [6.07, 6.45) is 4.61. The van der Waals surface area contributed by atoms with E-state index in [2.05, 4.69) is 63.0 Å². The lowest BCUT2D eigenvalue weighted by molar-refractivity contribution is -0.117. The van der Waals surface area contributed by atoms with E-state index in [4.69, 9.17) is 0 Å². The molecule has 0 spiro atoms. The lowest BCUT2D eigenvalue weighted by Gasteiger charge is -2.11. The van der Waals surface area contributed by atoms with Crippen molar-refractivity contribution in [3.05, 3.63) is 84.7 Å². The van der Waals surface area contributed by atoms with Crippen LogP contribution >= 0.6 is 0 Å². The first-order valence-corrected chi connectivity index (χ1v) is 10.2. The molecule has 1 fully saturated rings. The van der Waals surface area contributed by atoms with Crippen molar-refractivity contribution >= 4 is 33.4 Å². The molecule has 2 heterocycles. The van der Waals surface area contributed by atoms with Crippen LogP contribution in [-0.4, -0.2) is 21.1 Å². The number of aromatic amines is 2. The van der Waals surface area contributed by atoms with Gasteiger partial charge in [0.1, 0.15) is 0 Å². The van der Waals surface area contributed by atoms with Gasteiger partial charge in [-0.15, -0.1) is 0 Å². The van der Waals surface area contributed by atoms with E-state index in [0.717, 1.165) is 45.0 Å². The summed E-state index contributed by atoms with van der Waals surface area (Å²) in [4.78, 5) is 16.3. The number of nitrogens with one attached hydrogen (secondary N) is 3. The van der Waals surface area contributed by atoms with Crippen molar-refractivity contribution < 1.29 is 4.79 Å². The summed E-state index contributed by atoms with van der Waals surface area (Å²) in [5.74, 6) is 0.400. The Morgan fingerprint density at radius 3 is 2.77 bits per heavy atom. The predicted octanol–water partition coefficient (Wildman–Crippen LogP) is 5.45. The maximum atomic E-state index is 13.0. The Balaban J connectivity index is 1.35. The number of carbonyl (C=O) groups is 1. The Kier molecular flexibility index (Phi) is 3.74. The number of carbonyl (C=O) groups excluding carboxylic acids is 1. The molecule has 2 aromatic heterocycles. The number of rotatable bonds is 4. The van der Waals surface area contributed by atoms with Gasteiger partial charge in [0.25, 0.3) is 0 Å². The number of aromatic nitrogens is 3. The van der Waals surface area contributed by atoms with Crippen molar-refractivity contribution in [2.75, 3.05) is 5.32 Å². The molecular formula is C25H20N4O. The minimum atomic E-state index is 0.0195. The number of nitrogens with zero attached hydrogens (tertiary/aromatic N) is 1. The first kappa shape index (κ1) is 17.0. The Labute approximate surface area is 173 Å². The molecule has 5 heteroatoms. The summed E-state index contributed by atoms with van der Waals surface area (Å²) in [6.45, 7) is 0. The van der Waals surface area contributed by atoms with Crippen LogP contribution in [0.5, 0.6) is 0 Å². The normalized spacial score (nSPS) is 18.0. The zero-order valence-electron chi connectivity index (χ0n) is 16.2. The second-order valence-corrected chi connectivity index (χ2v) is 7.95. The van der Waals surface area contributed by atoms with Crippen LogP contribution in [0.3, 0.4) is 0 Å². The number of H-pyrrole nitrogens is 2. The molecule has 0 saturated heterocycles. The fourth-order valence-corrected chi connectivity index (χ4v) is 4.43. The number of hydrogen-bond donors (Lipinski definition) is 3. The zero-order valence-corrected chi connectivity index (χ0v) is 16.2. The Morgan fingerprint density at radius 1 is 0.967 bits per heavy atom. The van der Waals surface area contributed by atoms with Gasteiger partial charge in [-0.2, -0.15) is 5.10 Å². The largest absolute Gasteiger partial charge is 0.361 e. The Morgan fingerprint density at radius 2 is 1.87 bits per heavy atom. The number of anilines is 1. The third kappa shape index (κ3) is 2.78. The average Bonchev–Trinajstić information content (AvgIpc) is 3.18. The van der Waals surface area contributed by atoms with E-state index in [9.17, 15) is 4.79 Å². The number of hydrogen-bond acceptors (Lipinski definition) is 2. The molecule has 0 unspecified atom stereocenters. The molecule has 2 atom stereocenters. The first-order chi connectivity index (χ1) is 14.8. The molecule has 3 aromatic carbocycles. The molecule has 6 rings (SSSR count). The molecule has 1 aliphatic carbocycles. The van der Waals surface area contributed by atoms with Gasteiger partial charge in [0.05, 0.1) is 17.4 Å². The number of benzene rings is 3. The van der Waals surface area contributed by atoms with Gasteiger partial charge < -0.3 is 10.3 Å². The lowest BCUT2D eigenvalue weighted by Crippen LogP contribution is -2.14. The van der Waals surface area contributed by atoms with Gasteiger partial charge >= 0.3 is 0 Å². The highest BCUT2D eigenvalue weighted by Crippen LogP contribution is 2.48. The standard InChI is InChI=1S/C25H20N4O/c30-25(20-13-19(20)15-5-2-1-3-6-15)28-23-11-16(12-24-21(23)14-27-29-24)17-7-4-8-22-18(17)9-10-26-22/h1-12,14,19-20,26H,13H2,(H,27,29)(H,28,30)/t19-,20-/m0/s1. The topological polar surface area (TPSA) is 73.6 Å². The summed E-state index contributed by atoms with van der Waals surface area (Å²) in [5.41, 5.74) is 6.20. The van der Waals surface area contributed by atoms with Gasteiger partial charge in [0, 0.05) is 28.4 Å². The summed E-state index contributed by atoms with van der Waals surface area (Å²) < 4.78 is 0. The molecule has 1 amide bonds. The van der Waals surface area contributed by atoms with Crippen molar-refractivity contribution in [3.63, 3.8) is 0 Å². The fraction of sp³-hybridized carbons (Fsp3) is 0.120. The van der Waals surface area contributed by atoms with Crippen LogP contribution in [0.2, 0.25) is 0 Å². The van der Waals surface area contributed by atoms with Crippen LogP contribution in [0.4, 0.5) is 5.69 Å². The number of fused-ring (bicyclic) bond motifs is 2. The predicted molar refractivity (Wildman–Crippen MR) is 119 cm³/mol. The minimum Gasteiger partial charge on any atom is -0.361 e. The van der Waals surface area contributed by atoms with Crippen molar-refractivity contribution in [1.29, 1.82) is 0 Å². The Hall–Kier alpha value is -3.86. The summed E-state index contributed by atoms with van der Waals surface area (Å²) in [7, 11) is 0. The van der Waals surface area contributed by atoms with Gasteiger partial charge in [-0.05, 0) is 53.3 Å². The molecule has 146 valence electrons. The van der Waals surface area contributed by atoms with Gasteiger partial charge in [-0.1, -0.05) is 42.5 Å². The van der Waals surface area contributed by atoms with Gasteiger partial charge in [0.15, 0.2) is 0 Å². The lowest BCUT2D eigenvalue weighted by atomic mass is 9.99. The smallest absolute Gasteiger partial charge is 0.228 e. The zero-order chi connectivity index (χ0) is 20.1. The van der Waals surface area contributed by atoms with Crippen molar-refractivity contribution in [2.24, 2.45) is 5.92 Å². The maximum absolute atomic E-state index is 13.0. The van der Waals surface area contributed by atoms with E-state index in [1.807, 2.05) is 30.5 Å². The van der Waals surface area contributed by atoms with Crippen LogP contribution in [-0.2, 0) is 4.79 Å². The summed E-state index contributed by atoms with van der Waals surface area (Å²) in [6, 6.07) is 22.7. The third-order valence-electron chi connectivity index (χ3n) is 6.08. The van der Waals surface area contributed by atoms with Gasteiger partial charge in [-0.3, -0.25) is 9.89 Å². The quantitative estimate of drug-likeness (QED) is 0.380. The average molecular weight is 392 g/mol. The SMILES string of the molecule is O=C(Nc1cc(-c2cccc3[nH]ccc23)cc2[nH]ncc12)[C@H]1C[C@H]1c1ccccc1. The molecule has 5 nitrogen and oxygen atoms in total. The number of amides is 1. The monoisotopic (exact) mass is 392 g/mol. The summed E-state index contributed by atoms with van der Waals surface area (Å²) >= 11 is 0. The van der Waals surface area contributed by atoms with Gasteiger partial charge in [0.2, 0.25) is 5.91 Å². The van der Waals surface area contributed by atoms with Crippen LogP contribution in [0, 0.1) is 5.92 Å². The molecule has 5 aromatic rings. The maximum Gasteiger partial charge on any atom is 0.228 e. The highest BCUT2D eigenvalue weighted by molar-refractivity contribution is 6.06. The van der Waals surface area contributed by atoms with Crippen LogP contribution in [0.15, 0.2) is 79.1 Å². The van der Waals surface area contributed by atoms with E-state index in [0.29, 0.717) is 5.92 Å². The highest BCUT2D eigenvalue weighted by atomic mass is 16.2. The van der Waals surface area contributed by atoms with E-state index >= 15 is 0 Å². The van der Waals surface area contributed by atoms with E-state index < -0.39 is 0 Å². The van der Waals surface area contributed by atoms with Crippen LogP contribution < -0.4 is 5.32 Å². The first-order valence-electron chi connectivity index (χ1n) is 10.2. The minimum absolute atomic E-state index is 0.0195. The summed E-state index contributed by atoms with van der Waals surface area (Å²) in [5, 5.41) is 12.5. The van der Waals surface area contributed by atoms with Crippen molar-refractivity contribution in [2.45, 2.75) is 12.3 Å². The highest BCUT2D eigenvalue weighted by Gasteiger charge is 2.43. The molecule has 0 radical (unpaired) electrons. The molecule has 0 aliphatic heterocycles. The molecular weight excluding hydrogens is 372 g/mol. The van der Waals surface area contributed by atoms with Crippen LogP contribution in [0.1, 0.15) is 17.9 Å². The van der Waals surface area contributed by atoms with E-state index in [1.54, 1.807) is 6.20 Å².